The minimum absolute atomic E-state index is 0.0196. The second kappa shape index (κ2) is 8.21. The predicted molar refractivity (Wildman–Crippen MR) is 114 cm³/mol. The molecule has 4 rings (SSSR count). The highest BCUT2D eigenvalue weighted by Gasteiger charge is 2.24. The number of hydrogen-bond acceptors (Lipinski definition) is 3. The number of ether oxygens (including phenoxy) is 1. The van der Waals surface area contributed by atoms with Gasteiger partial charge in [-0.1, -0.05) is 35.9 Å². The zero-order valence-electron chi connectivity index (χ0n) is 16.9. The lowest BCUT2D eigenvalue weighted by atomic mass is 10.1. The van der Waals surface area contributed by atoms with Gasteiger partial charge >= 0.3 is 0 Å². The van der Waals surface area contributed by atoms with Crippen LogP contribution in [0.2, 0.25) is 0 Å². The molecule has 2 heterocycles. The Labute approximate surface area is 170 Å². The number of para-hydroxylation sites is 1. The second-order valence-electron chi connectivity index (χ2n) is 7.85. The topological polar surface area (TPSA) is 62.4 Å². The third-order valence-corrected chi connectivity index (χ3v) is 5.56. The quantitative estimate of drug-likeness (QED) is 0.717. The van der Waals surface area contributed by atoms with Crippen LogP contribution in [0.15, 0.2) is 53.3 Å². The van der Waals surface area contributed by atoms with Crippen molar-refractivity contribution in [3.8, 4) is 0 Å². The molecular weight excluding hydrogens is 364 g/mol. The monoisotopic (exact) mass is 390 g/mol. The Morgan fingerprint density at radius 3 is 2.69 bits per heavy atom. The van der Waals surface area contributed by atoms with Gasteiger partial charge in [-0.25, -0.2) is 0 Å². The number of rotatable bonds is 5. The number of hydrogen-bond donors (Lipinski definition) is 1. The fourth-order valence-electron chi connectivity index (χ4n) is 3.88. The van der Waals surface area contributed by atoms with E-state index in [4.69, 9.17) is 4.74 Å². The first kappa shape index (κ1) is 19.4. The molecule has 0 saturated carbocycles. The minimum atomic E-state index is -0.152. The Kier molecular flexibility index (Phi) is 5.49. The Morgan fingerprint density at radius 1 is 1.17 bits per heavy atom. The number of carbonyl (C=O) groups excluding carboxylic acids is 1. The molecule has 0 bridgehead atoms. The molecule has 1 aliphatic rings. The molecular formula is C24H26N2O3. The average Bonchev–Trinajstić information content (AvgIpc) is 3.22. The fourth-order valence-corrected chi connectivity index (χ4v) is 3.88. The highest BCUT2D eigenvalue weighted by Crippen LogP contribution is 2.19. The first-order chi connectivity index (χ1) is 14.0. The van der Waals surface area contributed by atoms with Crippen molar-refractivity contribution in [1.82, 2.24) is 9.88 Å². The maximum Gasteiger partial charge on any atom is 0.254 e. The van der Waals surface area contributed by atoms with Gasteiger partial charge in [-0.3, -0.25) is 9.59 Å². The van der Waals surface area contributed by atoms with Crippen molar-refractivity contribution < 1.29 is 9.53 Å². The first-order valence-electron chi connectivity index (χ1n) is 10.1. The summed E-state index contributed by atoms with van der Waals surface area (Å²) in [5.74, 6) is -0.0794. The lowest BCUT2D eigenvalue weighted by Crippen LogP contribution is -2.38. The van der Waals surface area contributed by atoms with Crippen molar-refractivity contribution in [2.75, 3.05) is 13.2 Å². The molecule has 0 spiro atoms. The van der Waals surface area contributed by atoms with E-state index in [1.807, 2.05) is 62.4 Å². The summed E-state index contributed by atoms with van der Waals surface area (Å²) in [4.78, 5) is 30.7. The summed E-state index contributed by atoms with van der Waals surface area (Å²) < 4.78 is 5.76. The fraction of sp³-hybridized carbons (Fsp3) is 0.333. The number of aryl methyl sites for hydroxylation is 2. The summed E-state index contributed by atoms with van der Waals surface area (Å²) in [6.45, 7) is 5.44. The van der Waals surface area contributed by atoms with E-state index in [2.05, 4.69) is 4.98 Å². The van der Waals surface area contributed by atoms with E-state index >= 15 is 0 Å². The van der Waals surface area contributed by atoms with Crippen LogP contribution in [-0.4, -0.2) is 35.0 Å². The number of benzene rings is 2. The molecule has 3 aromatic rings. The molecule has 1 atom stereocenters. The average molecular weight is 390 g/mol. The molecule has 5 heteroatoms. The largest absolute Gasteiger partial charge is 0.376 e. The summed E-state index contributed by atoms with van der Waals surface area (Å²) in [7, 11) is 0. The number of nitrogens with zero attached hydrogens (tertiary/aromatic N) is 1. The zero-order chi connectivity index (χ0) is 20.4. The van der Waals surface area contributed by atoms with Crippen LogP contribution in [-0.2, 0) is 11.3 Å². The van der Waals surface area contributed by atoms with E-state index in [-0.39, 0.29) is 24.1 Å². The summed E-state index contributed by atoms with van der Waals surface area (Å²) >= 11 is 0. The van der Waals surface area contributed by atoms with Gasteiger partial charge in [-0.05, 0) is 55.8 Å². The number of carbonyl (C=O) groups is 1. The Balaban J connectivity index is 1.66. The van der Waals surface area contributed by atoms with Crippen molar-refractivity contribution in [3.05, 3.63) is 81.1 Å². The van der Waals surface area contributed by atoms with Gasteiger partial charge in [0, 0.05) is 24.3 Å². The van der Waals surface area contributed by atoms with Gasteiger partial charge in [0.2, 0.25) is 0 Å². The second-order valence-corrected chi connectivity index (χ2v) is 7.85. The van der Waals surface area contributed by atoms with E-state index < -0.39 is 0 Å². The van der Waals surface area contributed by atoms with Crippen molar-refractivity contribution in [2.45, 2.75) is 39.3 Å². The molecule has 1 saturated heterocycles. The van der Waals surface area contributed by atoms with Crippen LogP contribution in [0.4, 0.5) is 0 Å². The number of amides is 1. The maximum atomic E-state index is 13.2. The van der Waals surface area contributed by atoms with E-state index in [1.165, 1.54) is 0 Å². The molecule has 1 fully saturated rings. The number of nitrogens with one attached hydrogen (secondary N) is 1. The molecule has 29 heavy (non-hydrogen) atoms. The molecule has 1 aromatic heterocycles. The number of H-pyrrole nitrogens is 1. The summed E-state index contributed by atoms with van der Waals surface area (Å²) in [6, 6.07) is 15.4. The predicted octanol–water partition coefficient (Wildman–Crippen LogP) is 3.97. The lowest BCUT2D eigenvalue weighted by Gasteiger charge is -2.25. The number of pyridine rings is 1. The highest BCUT2D eigenvalue weighted by molar-refractivity contribution is 5.94. The summed E-state index contributed by atoms with van der Waals surface area (Å²) in [5.41, 5.74) is 4.03. The van der Waals surface area contributed by atoms with Crippen LogP contribution in [0.3, 0.4) is 0 Å². The molecule has 1 N–H and O–H groups in total. The van der Waals surface area contributed by atoms with Crippen LogP contribution >= 0.6 is 0 Å². The van der Waals surface area contributed by atoms with Crippen molar-refractivity contribution in [2.24, 2.45) is 0 Å². The normalized spacial score (nSPS) is 16.3. The van der Waals surface area contributed by atoms with E-state index in [0.717, 1.165) is 41.5 Å². The number of aromatic amines is 1. The molecule has 2 aromatic carbocycles. The third kappa shape index (κ3) is 4.25. The van der Waals surface area contributed by atoms with E-state index in [9.17, 15) is 9.59 Å². The summed E-state index contributed by atoms with van der Waals surface area (Å²) in [6.07, 6.45) is 1.96. The maximum absolute atomic E-state index is 13.2. The molecule has 0 aliphatic carbocycles. The van der Waals surface area contributed by atoms with Crippen LogP contribution in [0.1, 0.15) is 39.9 Å². The van der Waals surface area contributed by atoms with Crippen molar-refractivity contribution >= 4 is 16.8 Å². The Morgan fingerprint density at radius 2 is 1.97 bits per heavy atom. The van der Waals surface area contributed by atoms with Crippen LogP contribution in [0, 0.1) is 13.8 Å². The van der Waals surface area contributed by atoms with Gasteiger partial charge in [0.25, 0.3) is 11.5 Å². The van der Waals surface area contributed by atoms with E-state index in [1.54, 1.807) is 4.90 Å². The molecule has 1 aliphatic heterocycles. The molecule has 1 amide bonds. The van der Waals surface area contributed by atoms with Gasteiger partial charge in [0.15, 0.2) is 0 Å². The van der Waals surface area contributed by atoms with Gasteiger partial charge in [-0.15, -0.1) is 0 Å². The Hall–Kier alpha value is -2.92. The highest BCUT2D eigenvalue weighted by atomic mass is 16.5. The smallest absolute Gasteiger partial charge is 0.254 e. The van der Waals surface area contributed by atoms with Crippen LogP contribution in [0.25, 0.3) is 10.9 Å². The molecule has 0 unspecified atom stereocenters. The molecule has 0 radical (unpaired) electrons. The SMILES string of the molecule is Cc1ccc(C(=O)N(Cc2cc3cccc(C)c3[nH]c2=O)C[C@H]2CCCO2)cc1. The van der Waals surface area contributed by atoms with Gasteiger partial charge in [0.1, 0.15) is 0 Å². The van der Waals surface area contributed by atoms with E-state index in [0.29, 0.717) is 17.7 Å². The van der Waals surface area contributed by atoms with Gasteiger partial charge in [-0.2, -0.15) is 0 Å². The van der Waals surface area contributed by atoms with Gasteiger partial charge < -0.3 is 14.6 Å². The van der Waals surface area contributed by atoms with Crippen LogP contribution in [0.5, 0.6) is 0 Å². The number of fused-ring (bicyclic) bond motifs is 1. The molecule has 150 valence electrons. The standard InChI is InChI=1S/C24H26N2O3/c1-16-8-10-18(11-9-16)24(28)26(15-21-7-4-12-29-21)14-20-13-19-6-3-5-17(2)22(19)25-23(20)27/h3,5-6,8-11,13,21H,4,7,12,14-15H2,1-2H3,(H,25,27)/t21-/m1/s1. The Bertz CT molecular complexity index is 1080. The van der Waals surface area contributed by atoms with Crippen molar-refractivity contribution in [3.63, 3.8) is 0 Å². The lowest BCUT2D eigenvalue weighted by molar-refractivity contribution is 0.0506. The first-order valence-corrected chi connectivity index (χ1v) is 10.1. The van der Waals surface area contributed by atoms with Crippen LogP contribution < -0.4 is 5.56 Å². The molecule has 5 nitrogen and oxygen atoms in total. The number of aromatic nitrogens is 1. The van der Waals surface area contributed by atoms with Gasteiger partial charge in [0.05, 0.1) is 18.2 Å². The summed E-state index contributed by atoms with van der Waals surface area (Å²) in [5, 5.41) is 0.972. The minimum Gasteiger partial charge on any atom is -0.376 e. The third-order valence-electron chi connectivity index (χ3n) is 5.56. The van der Waals surface area contributed by atoms with Crippen molar-refractivity contribution in [1.29, 1.82) is 0 Å². The zero-order valence-corrected chi connectivity index (χ0v) is 16.9.